The maximum atomic E-state index is 12.4. The van der Waals surface area contributed by atoms with Gasteiger partial charge in [-0.15, -0.1) is 0 Å². The van der Waals surface area contributed by atoms with Crippen LogP contribution in [0.5, 0.6) is 5.75 Å². The van der Waals surface area contributed by atoms with Crippen molar-refractivity contribution in [2.45, 2.75) is 4.90 Å². The molecule has 6 rings (SSSR count). The number of carboxylic acid groups (broad SMARTS) is 2. The molecule has 0 aliphatic heterocycles. The van der Waals surface area contributed by atoms with Gasteiger partial charge in [0, 0.05) is 11.6 Å². The molecule has 0 amide bonds. The van der Waals surface area contributed by atoms with E-state index in [1.54, 1.807) is 72.8 Å². The molecule has 0 spiro atoms. The van der Waals surface area contributed by atoms with E-state index in [-0.39, 0.29) is 40.5 Å². The van der Waals surface area contributed by atoms with Gasteiger partial charge in [0.1, 0.15) is 10.6 Å². The molecule has 294 valence electrons. The lowest BCUT2D eigenvalue weighted by atomic mass is 10.1. The van der Waals surface area contributed by atoms with Gasteiger partial charge >= 0.3 is 11.9 Å². The fraction of sp³-hybridized carbons (Fsp3) is 0. The summed E-state index contributed by atoms with van der Waals surface area (Å²) in [7, 11) is -4.71. The highest BCUT2D eigenvalue weighted by atomic mass is 32.2. The average Bonchev–Trinajstić information content (AvgIpc) is 3.24. The van der Waals surface area contributed by atoms with Crippen LogP contribution >= 0.6 is 12.3 Å². The van der Waals surface area contributed by atoms with Crippen LogP contribution in [0.25, 0.3) is 12.2 Å². The quantitative estimate of drug-likeness (QED) is 0.0329. The van der Waals surface area contributed by atoms with Crippen LogP contribution in [-0.2, 0) is 10.1 Å². The summed E-state index contributed by atoms with van der Waals surface area (Å²) in [5.74, 6) is -1.90. The van der Waals surface area contributed by atoms with Crippen LogP contribution < -0.4 is 4.18 Å². The normalized spacial score (nSPS) is 12.0. The van der Waals surface area contributed by atoms with Gasteiger partial charge in [-0.1, -0.05) is 18.2 Å². The zero-order valence-electron chi connectivity index (χ0n) is 30.1. The van der Waals surface area contributed by atoms with Gasteiger partial charge in [-0.2, -0.15) is 49.3 Å². The van der Waals surface area contributed by atoms with Crippen LogP contribution in [0.1, 0.15) is 31.8 Å². The molecule has 0 radical (unpaired) electrons. The maximum absolute atomic E-state index is 12.4. The van der Waals surface area contributed by atoms with Crippen molar-refractivity contribution in [3.63, 3.8) is 0 Å². The smallest absolute Gasteiger partial charge is 0.335 e. The minimum atomic E-state index is -4.71. The zero-order valence-corrected chi connectivity index (χ0v) is 31.7. The molecule has 0 unspecified atom stereocenters. The summed E-state index contributed by atoms with van der Waals surface area (Å²) in [6.07, 6.45) is 2.96. The Morgan fingerprint density at radius 1 is 0.475 bits per heavy atom. The molecule has 0 saturated carbocycles. The highest BCUT2D eigenvalue weighted by Crippen LogP contribution is 2.32. The van der Waals surface area contributed by atoms with E-state index in [0.717, 1.165) is 6.07 Å². The van der Waals surface area contributed by atoms with Crippen molar-refractivity contribution in [1.29, 1.82) is 0 Å². The second-order valence-electron chi connectivity index (χ2n) is 11.9. The third kappa shape index (κ3) is 11.7. The van der Waals surface area contributed by atoms with Crippen LogP contribution in [0.2, 0.25) is 0 Å². The average molecular weight is 829 g/mol. The Balaban J connectivity index is 1.11. The van der Waals surface area contributed by atoms with E-state index in [4.69, 9.17) is 14.4 Å². The van der Waals surface area contributed by atoms with Gasteiger partial charge in [-0.05, 0) is 127 Å². The molecule has 0 aliphatic rings. The largest absolute Gasteiger partial charge is 0.478 e. The van der Waals surface area contributed by atoms with E-state index in [9.17, 15) is 27.1 Å². The van der Waals surface area contributed by atoms with Crippen molar-refractivity contribution in [2.75, 3.05) is 0 Å². The van der Waals surface area contributed by atoms with Crippen molar-refractivity contribution in [3.05, 3.63) is 156 Å². The van der Waals surface area contributed by atoms with Gasteiger partial charge in [0.2, 0.25) is 12.3 Å². The molecule has 4 N–H and O–H groups in total. The van der Waals surface area contributed by atoms with Gasteiger partial charge in [0.15, 0.2) is 0 Å². The minimum absolute atomic E-state index is 0.0999. The Hall–Kier alpha value is -7.58. The molecule has 19 heteroatoms. The summed E-state index contributed by atoms with van der Waals surface area (Å²) >= 11 is 0.0999. The molecule has 0 saturated heterocycles. The number of azo groups is 4. The second-order valence-corrected chi connectivity index (χ2v) is 13.7. The number of rotatable bonds is 15. The zero-order chi connectivity index (χ0) is 41.8. The molecular formula is C40H28N8O9S2. The van der Waals surface area contributed by atoms with E-state index in [0.29, 0.717) is 45.4 Å². The first-order valence-corrected chi connectivity index (χ1v) is 19.0. The Morgan fingerprint density at radius 2 is 0.780 bits per heavy atom. The highest BCUT2D eigenvalue weighted by molar-refractivity contribution is 7.89. The maximum Gasteiger partial charge on any atom is 0.335 e. The molecule has 0 aromatic heterocycles. The van der Waals surface area contributed by atoms with Crippen molar-refractivity contribution in [3.8, 4) is 5.75 Å². The van der Waals surface area contributed by atoms with Crippen LogP contribution in [0.4, 0.5) is 45.5 Å². The molecule has 17 nitrogen and oxygen atoms in total. The van der Waals surface area contributed by atoms with Crippen molar-refractivity contribution < 1.29 is 41.5 Å². The first-order chi connectivity index (χ1) is 28.4. The predicted molar refractivity (Wildman–Crippen MR) is 219 cm³/mol. The number of hydrogen-bond donors (Lipinski definition) is 4. The topological polar surface area (TPSA) is 257 Å². The minimum Gasteiger partial charge on any atom is -0.478 e. The SMILES string of the molecule is O=C(O)c1ccc(/N=N\c2ccc(/N=N\c3ccc(/C=C\c4ccc(/N=N\c5ccc(/N=N\c6ccc(C(=O)O)cc6)cc5)cc4S(=O)(=O)O)c(OSO)c3)cc2)cc1. The standard InChI is InChI=1S/C40H28N8O9S2/c49-39(50)27-5-9-29(10-6-27)41-43-31-15-19-33(20-16-31)45-47-35-13-3-25(37(23-35)57-58-53)1-2-26-4-14-36(24-38(26)59(54,55)56)48-46-34-21-17-32(18-22-34)44-42-30-11-7-28(8-12-30)40(51)52/h1-24,53H,(H,49,50)(H,51,52)(H,54,55,56)/b2-1-,43-41-,44-42-,47-45-,48-46-. The van der Waals surface area contributed by atoms with Crippen molar-refractivity contribution >= 4 is 92.0 Å². The first-order valence-electron chi connectivity index (χ1n) is 16.9. The van der Waals surface area contributed by atoms with E-state index in [1.165, 1.54) is 66.7 Å². The van der Waals surface area contributed by atoms with Gasteiger partial charge in [0.05, 0.1) is 56.6 Å². The number of aromatic carboxylic acids is 2. The lowest BCUT2D eigenvalue weighted by Gasteiger charge is -2.07. The predicted octanol–water partition coefficient (Wildman–Crippen LogP) is 12.7. The molecule has 6 aromatic rings. The third-order valence-corrected chi connectivity index (χ3v) is 9.06. The Bertz CT molecular complexity index is 2740. The summed E-state index contributed by atoms with van der Waals surface area (Å²) in [4.78, 5) is 21.6. The number of hydrogen-bond acceptors (Lipinski definition) is 15. The van der Waals surface area contributed by atoms with Gasteiger partial charge in [-0.25, -0.2) is 9.59 Å². The number of carbonyl (C=O) groups is 2. The van der Waals surface area contributed by atoms with Crippen molar-refractivity contribution in [2.24, 2.45) is 40.9 Å². The molecule has 6 aromatic carbocycles. The lowest BCUT2D eigenvalue weighted by molar-refractivity contribution is 0.0686. The summed E-state index contributed by atoms with van der Waals surface area (Å²) in [5, 5.41) is 51.1. The monoisotopic (exact) mass is 828 g/mol. The highest BCUT2D eigenvalue weighted by Gasteiger charge is 2.16. The molecule has 0 aliphatic carbocycles. The fourth-order valence-electron chi connectivity index (χ4n) is 4.94. The summed E-state index contributed by atoms with van der Waals surface area (Å²) in [6.45, 7) is 0. The molecule has 0 bridgehead atoms. The van der Waals surface area contributed by atoms with Gasteiger partial charge in [-0.3, -0.25) is 9.11 Å². The van der Waals surface area contributed by atoms with Gasteiger partial charge in [0.25, 0.3) is 10.1 Å². The molecule has 0 fully saturated rings. The van der Waals surface area contributed by atoms with E-state index in [2.05, 4.69) is 40.9 Å². The van der Waals surface area contributed by atoms with E-state index < -0.39 is 27.0 Å². The summed E-state index contributed by atoms with van der Waals surface area (Å²) in [5.41, 5.74) is 4.25. The van der Waals surface area contributed by atoms with E-state index in [1.807, 2.05) is 0 Å². The Kier molecular flexibility index (Phi) is 13.3. The first kappa shape index (κ1) is 41.1. The van der Waals surface area contributed by atoms with E-state index >= 15 is 0 Å². The molecule has 59 heavy (non-hydrogen) atoms. The van der Waals surface area contributed by atoms with Crippen LogP contribution in [0, 0.1) is 0 Å². The van der Waals surface area contributed by atoms with Crippen molar-refractivity contribution in [1.82, 2.24) is 0 Å². The van der Waals surface area contributed by atoms with Crippen LogP contribution in [-0.4, -0.2) is 39.7 Å². The van der Waals surface area contributed by atoms with Crippen LogP contribution in [0.3, 0.4) is 0 Å². The fourth-order valence-corrected chi connectivity index (χ4v) is 5.86. The third-order valence-electron chi connectivity index (χ3n) is 7.89. The Labute approximate surface area is 339 Å². The number of benzene rings is 6. The number of nitrogens with zero attached hydrogens (tertiary/aromatic N) is 8. The molecule has 0 atom stereocenters. The lowest BCUT2D eigenvalue weighted by Crippen LogP contribution is -2.00. The summed E-state index contributed by atoms with van der Waals surface area (Å²) < 4.78 is 49.5. The van der Waals surface area contributed by atoms with Crippen LogP contribution in [0.15, 0.2) is 179 Å². The number of carboxylic acids is 2. The second kappa shape index (κ2) is 19.0. The molecular weight excluding hydrogens is 801 g/mol. The Morgan fingerprint density at radius 3 is 1.14 bits per heavy atom. The molecule has 0 heterocycles. The van der Waals surface area contributed by atoms with Gasteiger partial charge < -0.3 is 14.4 Å². The summed E-state index contributed by atoms with van der Waals surface area (Å²) in [6, 6.07) is 33.9.